The van der Waals surface area contributed by atoms with Gasteiger partial charge in [-0.3, -0.25) is 0 Å². The van der Waals surface area contributed by atoms with Gasteiger partial charge in [0.2, 0.25) is 0 Å². The average molecular weight is 260 g/mol. The van der Waals surface area contributed by atoms with E-state index in [0.29, 0.717) is 5.25 Å². The molecule has 0 fully saturated rings. The van der Waals surface area contributed by atoms with Gasteiger partial charge in [0.25, 0.3) is 0 Å². The molecule has 0 heterocycles. The topological polar surface area (TPSA) is 26.0 Å². The summed E-state index contributed by atoms with van der Waals surface area (Å²) >= 11 is 5.39. The normalized spacial score (nSPS) is 12.8. The first-order chi connectivity index (χ1) is 6.24. The molecular weight excluding hydrogens is 246 g/mol. The molecule has 0 spiro atoms. The molecule has 0 aromatic heterocycles. The molecule has 0 aliphatic rings. The van der Waals surface area contributed by atoms with Crippen molar-refractivity contribution in [1.82, 2.24) is 0 Å². The van der Waals surface area contributed by atoms with E-state index in [-0.39, 0.29) is 0 Å². The molecule has 3 heteroatoms. The molecule has 0 radical (unpaired) electrons. The van der Waals surface area contributed by atoms with Gasteiger partial charge in [-0.2, -0.15) is 0 Å². The van der Waals surface area contributed by atoms with Crippen molar-refractivity contribution in [3.8, 4) is 0 Å². The van der Waals surface area contributed by atoms with Crippen LogP contribution in [0.25, 0.3) is 0 Å². The first kappa shape index (κ1) is 11.1. The van der Waals surface area contributed by atoms with Gasteiger partial charge in [0.15, 0.2) is 0 Å². The standard InChI is InChI=1S/C10H14BrNS/c1-8(6-7-12)13-10-5-3-2-4-9(10)11/h2-5,8H,6-7,12H2,1H3. The second-order valence-corrected chi connectivity index (χ2v) is 5.27. The zero-order valence-corrected chi connectivity index (χ0v) is 10.1. The first-order valence-electron chi connectivity index (χ1n) is 4.35. The Balaban J connectivity index is 2.58. The molecule has 1 atom stereocenters. The Labute approximate surface area is 92.2 Å². The van der Waals surface area contributed by atoms with Gasteiger partial charge in [-0.25, -0.2) is 0 Å². The third-order valence-electron chi connectivity index (χ3n) is 1.74. The number of benzene rings is 1. The molecule has 0 saturated carbocycles. The van der Waals surface area contributed by atoms with E-state index in [1.54, 1.807) is 0 Å². The van der Waals surface area contributed by atoms with Crippen molar-refractivity contribution in [2.45, 2.75) is 23.5 Å². The van der Waals surface area contributed by atoms with Gasteiger partial charge in [-0.1, -0.05) is 19.1 Å². The van der Waals surface area contributed by atoms with Crippen LogP contribution in [0.1, 0.15) is 13.3 Å². The zero-order chi connectivity index (χ0) is 9.68. The summed E-state index contributed by atoms with van der Waals surface area (Å²) in [6.45, 7) is 2.97. The smallest absolute Gasteiger partial charge is 0.0311 e. The number of nitrogens with two attached hydrogens (primary N) is 1. The SMILES string of the molecule is CC(CCN)Sc1ccccc1Br. The Morgan fingerprint density at radius 3 is 2.77 bits per heavy atom. The van der Waals surface area contributed by atoms with E-state index in [2.05, 4.69) is 41.1 Å². The summed E-state index contributed by atoms with van der Waals surface area (Å²) in [7, 11) is 0. The van der Waals surface area contributed by atoms with Gasteiger partial charge in [0, 0.05) is 14.6 Å². The summed E-state index contributed by atoms with van der Waals surface area (Å²) in [6, 6.07) is 8.28. The predicted molar refractivity (Wildman–Crippen MR) is 63.1 cm³/mol. The average Bonchev–Trinajstić information content (AvgIpc) is 2.09. The van der Waals surface area contributed by atoms with E-state index in [1.807, 2.05) is 17.8 Å². The minimum atomic E-state index is 0.587. The largest absolute Gasteiger partial charge is 0.330 e. The summed E-state index contributed by atoms with van der Waals surface area (Å²) in [5, 5.41) is 0.587. The van der Waals surface area contributed by atoms with E-state index < -0.39 is 0 Å². The molecule has 1 unspecified atom stereocenters. The quantitative estimate of drug-likeness (QED) is 0.841. The number of hydrogen-bond acceptors (Lipinski definition) is 2. The maximum absolute atomic E-state index is 5.50. The fourth-order valence-corrected chi connectivity index (χ4v) is 2.64. The molecule has 1 nitrogen and oxygen atoms in total. The molecule has 13 heavy (non-hydrogen) atoms. The van der Waals surface area contributed by atoms with Crippen molar-refractivity contribution in [2.75, 3.05) is 6.54 Å². The van der Waals surface area contributed by atoms with Gasteiger partial charge in [0.05, 0.1) is 0 Å². The molecule has 0 amide bonds. The lowest BCUT2D eigenvalue weighted by atomic mass is 10.3. The molecule has 1 aromatic rings. The third-order valence-corrected chi connectivity index (χ3v) is 3.94. The lowest BCUT2D eigenvalue weighted by molar-refractivity contribution is 0.823. The van der Waals surface area contributed by atoms with E-state index in [9.17, 15) is 0 Å². The maximum Gasteiger partial charge on any atom is 0.0311 e. The number of rotatable bonds is 4. The van der Waals surface area contributed by atoms with Crippen LogP contribution in [0.5, 0.6) is 0 Å². The fraction of sp³-hybridized carbons (Fsp3) is 0.400. The Morgan fingerprint density at radius 1 is 1.46 bits per heavy atom. The first-order valence-corrected chi connectivity index (χ1v) is 6.02. The highest BCUT2D eigenvalue weighted by molar-refractivity contribution is 9.10. The molecule has 1 rings (SSSR count). The monoisotopic (exact) mass is 259 g/mol. The summed E-state index contributed by atoms with van der Waals surface area (Å²) in [5.41, 5.74) is 5.50. The molecule has 0 saturated heterocycles. The van der Waals surface area contributed by atoms with E-state index in [1.165, 1.54) is 9.37 Å². The Bertz CT molecular complexity index is 265. The number of hydrogen-bond donors (Lipinski definition) is 1. The summed E-state index contributed by atoms with van der Waals surface area (Å²) in [5.74, 6) is 0. The number of thioether (sulfide) groups is 1. The second-order valence-electron chi connectivity index (χ2n) is 2.94. The highest BCUT2D eigenvalue weighted by Crippen LogP contribution is 2.31. The van der Waals surface area contributed by atoms with Crippen LogP contribution in [-0.4, -0.2) is 11.8 Å². The minimum absolute atomic E-state index is 0.587. The molecule has 0 bridgehead atoms. The Kier molecular flexibility index (Phi) is 4.84. The van der Waals surface area contributed by atoms with Crippen molar-refractivity contribution in [2.24, 2.45) is 5.73 Å². The maximum atomic E-state index is 5.50. The lowest BCUT2D eigenvalue weighted by Crippen LogP contribution is -2.06. The van der Waals surface area contributed by atoms with Crippen LogP contribution >= 0.6 is 27.7 Å². The highest BCUT2D eigenvalue weighted by Gasteiger charge is 2.05. The summed E-state index contributed by atoms with van der Waals surface area (Å²) < 4.78 is 1.17. The highest BCUT2D eigenvalue weighted by atomic mass is 79.9. The van der Waals surface area contributed by atoms with Gasteiger partial charge in [0.1, 0.15) is 0 Å². The summed E-state index contributed by atoms with van der Waals surface area (Å²) in [6.07, 6.45) is 1.06. The molecule has 2 N–H and O–H groups in total. The summed E-state index contributed by atoms with van der Waals surface area (Å²) in [4.78, 5) is 1.29. The van der Waals surface area contributed by atoms with Gasteiger partial charge in [-0.05, 0) is 41.0 Å². The van der Waals surface area contributed by atoms with Crippen LogP contribution in [-0.2, 0) is 0 Å². The van der Waals surface area contributed by atoms with Crippen molar-refractivity contribution < 1.29 is 0 Å². The zero-order valence-electron chi connectivity index (χ0n) is 7.66. The van der Waals surface area contributed by atoms with Crippen molar-refractivity contribution in [3.05, 3.63) is 28.7 Å². The van der Waals surface area contributed by atoms with Crippen LogP contribution in [0, 0.1) is 0 Å². The van der Waals surface area contributed by atoms with Crippen molar-refractivity contribution >= 4 is 27.7 Å². The molecule has 72 valence electrons. The van der Waals surface area contributed by atoms with E-state index in [4.69, 9.17) is 5.73 Å². The van der Waals surface area contributed by atoms with Crippen LogP contribution in [0.4, 0.5) is 0 Å². The van der Waals surface area contributed by atoms with Crippen LogP contribution in [0.15, 0.2) is 33.6 Å². The third kappa shape index (κ3) is 3.71. The van der Waals surface area contributed by atoms with E-state index >= 15 is 0 Å². The molecular formula is C10H14BrNS. The molecule has 1 aromatic carbocycles. The Morgan fingerprint density at radius 2 is 2.15 bits per heavy atom. The van der Waals surface area contributed by atoms with Crippen molar-refractivity contribution in [1.29, 1.82) is 0 Å². The fourth-order valence-electron chi connectivity index (χ4n) is 1.05. The minimum Gasteiger partial charge on any atom is -0.330 e. The van der Waals surface area contributed by atoms with Crippen LogP contribution < -0.4 is 5.73 Å². The van der Waals surface area contributed by atoms with Gasteiger partial charge >= 0.3 is 0 Å². The number of halogens is 1. The Hall–Kier alpha value is 0.01000. The van der Waals surface area contributed by atoms with Crippen LogP contribution in [0.2, 0.25) is 0 Å². The van der Waals surface area contributed by atoms with E-state index in [0.717, 1.165) is 13.0 Å². The second kappa shape index (κ2) is 5.68. The predicted octanol–water partition coefficient (Wildman–Crippen LogP) is 3.28. The molecule has 0 aliphatic carbocycles. The molecule has 0 aliphatic heterocycles. The van der Waals surface area contributed by atoms with Gasteiger partial charge in [-0.15, -0.1) is 11.8 Å². The lowest BCUT2D eigenvalue weighted by Gasteiger charge is -2.10. The van der Waals surface area contributed by atoms with Crippen molar-refractivity contribution in [3.63, 3.8) is 0 Å². The van der Waals surface area contributed by atoms with Crippen LogP contribution in [0.3, 0.4) is 0 Å². The van der Waals surface area contributed by atoms with Gasteiger partial charge < -0.3 is 5.73 Å².